The minimum atomic E-state index is 0.0623. The monoisotopic (exact) mass is 476 g/mol. The Balaban J connectivity index is 1.33. The fraction of sp³-hybridized carbons (Fsp3) is 0.241. The number of hydrogen-bond donors (Lipinski definition) is 0. The number of amides is 1. The summed E-state index contributed by atoms with van der Waals surface area (Å²) in [7, 11) is 0. The Morgan fingerprint density at radius 2 is 1.56 bits per heavy atom. The van der Waals surface area contributed by atoms with Crippen molar-refractivity contribution in [2.75, 3.05) is 24.5 Å². The number of benzene rings is 3. The maximum absolute atomic E-state index is 13.1. The molecule has 0 aliphatic carbocycles. The molecule has 1 fully saturated rings. The number of fused-ring (bicyclic) bond motifs is 3. The van der Waals surface area contributed by atoms with E-state index in [0.717, 1.165) is 33.9 Å². The van der Waals surface area contributed by atoms with Gasteiger partial charge >= 0.3 is 0 Å². The molecule has 5 aromatic rings. The van der Waals surface area contributed by atoms with Gasteiger partial charge in [-0.15, -0.1) is 10.2 Å². The minimum Gasteiger partial charge on any atom is -0.338 e. The Kier molecular flexibility index (Phi) is 5.81. The van der Waals surface area contributed by atoms with E-state index in [-0.39, 0.29) is 11.9 Å². The first kappa shape index (κ1) is 22.2. The van der Waals surface area contributed by atoms with Crippen molar-refractivity contribution in [1.82, 2.24) is 24.5 Å². The number of rotatable bonds is 5. The van der Waals surface area contributed by atoms with Gasteiger partial charge in [0.25, 0.3) is 0 Å². The second kappa shape index (κ2) is 9.41. The van der Waals surface area contributed by atoms with E-state index in [0.29, 0.717) is 32.5 Å². The highest BCUT2D eigenvalue weighted by atomic mass is 16.2. The van der Waals surface area contributed by atoms with Crippen LogP contribution in [0.5, 0.6) is 0 Å². The lowest BCUT2D eigenvalue weighted by molar-refractivity contribution is -0.132. The third kappa shape index (κ3) is 4.17. The first-order valence-corrected chi connectivity index (χ1v) is 12.4. The molecule has 2 aromatic heterocycles. The van der Waals surface area contributed by atoms with Crippen LogP contribution in [-0.4, -0.2) is 56.1 Å². The van der Waals surface area contributed by atoms with E-state index in [2.05, 4.69) is 38.6 Å². The molecule has 180 valence electrons. The van der Waals surface area contributed by atoms with E-state index in [1.807, 2.05) is 77.7 Å². The molecule has 1 saturated heterocycles. The maximum Gasteiger partial charge on any atom is 0.227 e. The predicted molar refractivity (Wildman–Crippen MR) is 141 cm³/mol. The van der Waals surface area contributed by atoms with Gasteiger partial charge in [0.15, 0.2) is 5.65 Å². The van der Waals surface area contributed by atoms with Gasteiger partial charge in [-0.25, -0.2) is 9.38 Å². The van der Waals surface area contributed by atoms with Crippen LogP contribution in [0.25, 0.3) is 16.6 Å². The zero-order chi connectivity index (χ0) is 24.5. The van der Waals surface area contributed by atoms with Gasteiger partial charge < -0.3 is 9.80 Å². The lowest BCUT2D eigenvalue weighted by atomic mass is 10.1. The van der Waals surface area contributed by atoms with Crippen molar-refractivity contribution in [3.63, 3.8) is 0 Å². The van der Waals surface area contributed by atoms with Crippen LogP contribution in [0.4, 0.5) is 5.95 Å². The molecular weight excluding hydrogens is 448 g/mol. The Hall–Kier alpha value is -4.26. The summed E-state index contributed by atoms with van der Waals surface area (Å²) in [4.78, 5) is 22.4. The second-order valence-corrected chi connectivity index (χ2v) is 9.41. The highest BCUT2D eigenvalue weighted by Gasteiger charge is 2.30. The average Bonchev–Trinajstić information content (AvgIpc) is 3.33. The van der Waals surface area contributed by atoms with Crippen LogP contribution in [0.2, 0.25) is 0 Å². The Morgan fingerprint density at radius 1 is 0.861 bits per heavy atom. The van der Waals surface area contributed by atoms with Crippen molar-refractivity contribution in [2.45, 2.75) is 25.8 Å². The Bertz CT molecular complexity index is 1510. The first-order chi connectivity index (χ1) is 17.7. The van der Waals surface area contributed by atoms with Gasteiger partial charge in [-0.2, -0.15) is 0 Å². The summed E-state index contributed by atoms with van der Waals surface area (Å²) in [5.74, 6) is 1.86. The van der Waals surface area contributed by atoms with Crippen LogP contribution in [0.3, 0.4) is 0 Å². The maximum atomic E-state index is 13.1. The van der Waals surface area contributed by atoms with Gasteiger partial charge in [0, 0.05) is 37.5 Å². The van der Waals surface area contributed by atoms with Gasteiger partial charge in [-0.05, 0) is 30.2 Å². The summed E-state index contributed by atoms with van der Waals surface area (Å²) in [6.45, 7) is 4.17. The molecule has 3 heterocycles. The number of hydrogen-bond acceptors (Lipinski definition) is 5. The molecular formula is C29H28N6O. The molecule has 3 aromatic carbocycles. The van der Waals surface area contributed by atoms with Crippen molar-refractivity contribution in [1.29, 1.82) is 0 Å². The SMILES string of the molecule is C[C@H]1CN(c2nc3ccccc3c3nnc(Cc4ccccc4)n23)CCN1C(=O)Cc1ccccc1. The lowest BCUT2D eigenvalue weighted by Gasteiger charge is -2.40. The second-order valence-electron chi connectivity index (χ2n) is 9.41. The molecule has 6 rings (SSSR count). The smallest absolute Gasteiger partial charge is 0.227 e. The van der Waals surface area contributed by atoms with Crippen molar-refractivity contribution < 1.29 is 4.79 Å². The van der Waals surface area contributed by atoms with Crippen molar-refractivity contribution in [2.24, 2.45) is 0 Å². The molecule has 1 aliphatic rings. The zero-order valence-electron chi connectivity index (χ0n) is 20.3. The average molecular weight is 477 g/mol. The van der Waals surface area contributed by atoms with Crippen LogP contribution in [0, 0.1) is 0 Å². The predicted octanol–water partition coefficient (Wildman–Crippen LogP) is 4.15. The number of piperazine rings is 1. The van der Waals surface area contributed by atoms with Crippen molar-refractivity contribution in [3.8, 4) is 0 Å². The highest BCUT2D eigenvalue weighted by Crippen LogP contribution is 2.27. The van der Waals surface area contributed by atoms with Crippen LogP contribution in [0.15, 0.2) is 84.9 Å². The molecule has 0 bridgehead atoms. The van der Waals surface area contributed by atoms with E-state index in [4.69, 9.17) is 4.98 Å². The summed E-state index contributed by atoms with van der Waals surface area (Å²) in [5.41, 5.74) is 3.94. The molecule has 1 amide bonds. The summed E-state index contributed by atoms with van der Waals surface area (Å²) in [6.07, 6.45) is 1.09. The normalized spacial score (nSPS) is 16.1. The summed E-state index contributed by atoms with van der Waals surface area (Å²) in [5, 5.41) is 10.2. The van der Waals surface area contributed by atoms with E-state index >= 15 is 0 Å². The number of nitrogens with zero attached hydrogens (tertiary/aromatic N) is 6. The lowest BCUT2D eigenvalue weighted by Crippen LogP contribution is -2.55. The third-order valence-electron chi connectivity index (χ3n) is 6.93. The quantitative estimate of drug-likeness (QED) is 0.381. The largest absolute Gasteiger partial charge is 0.338 e. The summed E-state index contributed by atoms with van der Waals surface area (Å²) >= 11 is 0. The number of carbonyl (C=O) groups is 1. The van der Waals surface area contributed by atoms with E-state index < -0.39 is 0 Å². The van der Waals surface area contributed by atoms with E-state index in [1.165, 1.54) is 5.56 Å². The number of carbonyl (C=O) groups excluding carboxylic acids is 1. The fourth-order valence-electron chi connectivity index (χ4n) is 5.11. The standard InChI is InChI=1S/C29H28N6O/c1-21-20-33(16-17-34(21)27(36)19-23-12-6-3-7-13-23)29-30-25-15-9-8-14-24(25)28-32-31-26(35(28)29)18-22-10-4-2-5-11-22/h2-15,21H,16-20H2,1H3/t21-/m0/s1. The molecule has 0 unspecified atom stereocenters. The number of anilines is 1. The van der Waals surface area contributed by atoms with Gasteiger partial charge in [0.05, 0.1) is 11.9 Å². The van der Waals surface area contributed by atoms with Gasteiger partial charge in [0.1, 0.15) is 5.82 Å². The summed E-state index contributed by atoms with van der Waals surface area (Å²) < 4.78 is 2.10. The fourth-order valence-corrected chi connectivity index (χ4v) is 5.11. The van der Waals surface area contributed by atoms with Crippen LogP contribution in [-0.2, 0) is 17.6 Å². The van der Waals surface area contributed by atoms with Gasteiger partial charge in [-0.1, -0.05) is 72.8 Å². The molecule has 1 aliphatic heterocycles. The number of para-hydroxylation sites is 1. The van der Waals surface area contributed by atoms with Gasteiger partial charge in [-0.3, -0.25) is 4.79 Å². The van der Waals surface area contributed by atoms with Gasteiger partial charge in [0.2, 0.25) is 11.9 Å². The zero-order valence-corrected chi connectivity index (χ0v) is 20.3. The van der Waals surface area contributed by atoms with E-state index in [9.17, 15) is 4.79 Å². The molecule has 0 saturated carbocycles. The minimum absolute atomic E-state index is 0.0623. The molecule has 0 radical (unpaired) electrons. The van der Waals surface area contributed by atoms with Crippen LogP contribution in [0.1, 0.15) is 23.9 Å². The van der Waals surface area contributed by atoms with Crippen molar-refractivity contribution >= 4 is 28.4 Å². The molecule has 0 N–H and O–H groups in total. The molecule has 7 heteroatoms. The van der Waals surface area contributed by atoms with Crippen LogP contribution < -0.4 is 4.90 Å². The molecule has 1 atom stereocenters. The highest BCUT2D eigenvalue weighted by molar-refractivity contribution is 5.92. The Labute approximate surface area is 210 Å². The first-order valence-electron chi connectivity index (χ1n) is 12.4. The summed E-state index contributed by atoms with van der Waals surface area (Å²) in [6, 6.07) is 28.4. The molecule has 0 spiro atoms. The van der Waals surface area contributed by atoms with Crippen LogP contribution >= 0.6 is 0 Å². The number of aromatic nitrogens is 4. The molecule has 7 nitrogen and oxygen atoms in total. The Morgan fingerprint density at radius 3 is 2.31 bits per heavy atom. The molecule has 36 heavy (non-hydrogen) atoms. The third-order valence-corrected chi connectivity index (χ3v) is 6.93. The van der Waals surface area contributed by atoms with E-state index in [1.54, 1.807) is 0 Å². The topological polar surface area (TPSA) is 66.6 Å². The van der Waals surface area contributed by atoms with Crippen molar-refractivity contribution in [3.05, 3.63) is 102 Å².